The molecule has 0 N–H and O–H groups in total. The van der Waals surface area contributed by atoms with E-state index < -0.39 is 0 Å². The van der Waals surface area contributed by atoms with E-state index >= 15 is 0 Å². The quantitative estimate of drug-likeness (QED) is 0.205. The van der Waals surface area contributed by atoms with Gasteiger partial charge in [0.05, 0.1) is 0 Å². The third-order valence-corrected chi connectivity index (χ3v) is 4.52. The Bertz CT molecular complexity index is 672. The molecule has 2 aromatic rings. The predicted molar refractivity (Wildman–Crippen MR) is 108 cm³/mol. The molecule has 0 aliphatic rings. The Hall–Kier alpha value is -1.87. The lowest BCUT2D eigenvalue weighted by Gasteiger charge is -2.03. The third-order valence-electron chi connectivity index (χ3n) is 3.99. The second-order valence-electron chi connectivity index (χ2n) is 6.11. The molecular weight excluding hydrogens is 376 g/mol. The van der Waals surface area contributed by atoms with Gasteiger partial charge in [-0.1, -0.05) is 72.8 Å². The van der Waals surface area contributed by atoms with Gasteiger partial charge in [0.1, 0.15) is 5.75 Å². The summed E-state index contributed by atoms with van der Waals surface area (Å²) >= 11 is 3.35. The van der Waals surface area contributed by atoms with E-state index in [4.69, 9.17) is 4.74 Å². The van der Waals surface area contributed by atoms with Gasteiger partial charge in [-0.25, -0.2) is 4.79 Å². The summed E-state index contributed by atoms with van der Waals surface area (Å²) in [5, 5.41) is 0. The van der Waals surface area contributed by atoms with Crippen molar-refractivity contribution in [2.24, 2.45) is 0 Å². The summed E-state index contributed by atoms with van der Waals surface area (Å²) in [6.45, 7) is 2.24. The summed E-state index contributed by atoms with van der Waals surface area (Å²) in [5.41, 5.74) is 2.36. The minimum absolute atomic E-state index is 0.373. The number of carbonyl (C=O) groups excluding carboxylic acids is 1. The Morgan fingerprint density at radius 2 is 1.64 bits per heavy atom. The van der Waals surface area contributed by atoms with E-state index in [-0.39, 0.29) is 5.97 Å². The lowest BCUT2D eigenvalue weighted by Crippen LogP contribution is -2.03. The van der Waals surface area contributed by atoms with Crippen molar-refractivity contribution in [2.45, 2.75) is 45.4 Å². The van der Waals surface area contributed by atoms with Gasteiger partial charge < -0.3 is 4.74 Å². The normalized spacial score (nSPS) is 11.0. The highest BCUT2D eigenvalue weighted by atomic mass is 79.9. The minimum Gasteiger partial charge on any atom is -0.423 e. The number of hydrogen-bond donors (Lipinski definition) is 0. The van der Waals surface area contributed by atoms with Crippen molar-refractivity contribution in [3.63, 3.8) is 0 Å². The number of benzene rings is 2. The molecule has 0 aliphatic heterocycles. The van der Waals surface area contributed by atoms with Crippen LogP contribution in [0.2, 0.25) is 0 Å². The molecule has 0 bridgehead atoms. The minimum atomic E-state index is -0.373. The molecule has 2 rings (SSSR count). The van der Waals surface area contributed by atoms with Gasteiger partial charge in [0.25, 0.3) is 0 Å². The lowest BCUT2D eigenvalue weighted by molar-refractivity contribution is -0.128. The van der Waals surface area contributed by atoms with Gasteiger partial charge >= 0.3 is 5.97 Å². The second-order valence-corrected chi connectivity index (χ2v) is 7.03. The van der Waals surface area contributed by atoms with Crippen LogP contribution in [0.3, 0.4) is 0 Å². The molecule has 132 valence electrons. The van der Waals surface area contributed by atoms with Gasteiger partial charge in [-0.3, -0.25) is 0 Å². The summed E-state index contributed by atoms with van der Waals surface area (Å²) in [4.78, 5) is 11.8. The Morgan fingerprint density at radius 3 is 2.32 bits per heavy atom. The molecule has 0 radical (unpaired) electrons. The highest BCUT2D eigenvalue weighted by Gasteiger charge is 2.00. The maximum Gasteiger partial charge on any atom is 0.336 e. The van der Waals surface area contributed by atoms with E-state index in [1.54, 1.807) is 18.2 Å². The van der Waals surface area contributed by atoms with Crippen molar-refractivity contribution in [1.82, 2.24) is 0 Å². The van der Waals surface area contributed by atoms with Crippen molar-refractivity contribution < 1.29 is 9.53 Å². The fourth-order valence-corrected chi connectivity index (χ4v) is 2.81. The molecule has 0 heterocycles. The number of ether oxygens (including phenoxy) is 1. The summed E-state index contributed by atoms with van der Waals surface area (Å²) < 4.78 is 6.21. The summed E-state index contributed by atoms with van der Waals surface area (Å²) in [5.74, 6) is 0.165. The van der Waals surface area contributed by atoms with Crippen LogP contribution in [0.4, 0.5) is 0 Å². The molecule has 0 saturated heterocycles. The number of carbonyl (C=O) groups is 1. The summed E-state index contributed by atoms with van der Waals surface area (Å²) in [6.07, 6.45) is 10.9. The van der Waals surface area contributed by atoms with Gasteiger partial charge in [-0.15, -0.1) is 0 Å². The Morgan fingerprint density at radius 1 is 0.960 bits per heavy atom. The van der Waals surface area contributed by atoms with Crippen molar-refractivity contribution >= 4 is 28.0 Å². The van der Waals surface area contributed by atoms with Gasteiger partial charge in [0.15, 0.2) is 0 Å². The highest BCUT2D eigenvalue weighted by molar-refractivity contribution is 9.10. The summed E-state index contributed by atoms with van der Waals surface area (Å²) in [7, 11) is 0. The average molecular weight is 401 g/mol. The van der Waals surface area contributed by atoms with Crippen LogP contribution in [-0.2, 0) is 11.2 Å². The molecule has 0 aromatic heterocycles. The van der Waals surface area contributed by atoms with Crippen molar-refractivity contribution in [2.75, 3.05) is 0 Å². The first-order valence-corrected chi connectivity index (χ1v) is 9.71. The lowest BCUT2D eigenvalue weighted by atomic mass is 10.0. The molecule has 0 aliphatic carbocycles. The SMILES string of the molecule is CCCCCCCc1ccc(/C=C/C(=O)Oc2ccc(Br)cc2)cc1. The molecule has 0 amide bonds. The molecule has 3 heteroatoms. The molecule has 0 atom stereocenters. The maximum absolute atomic E-state index is 11.8. The second kappa shape index (κ2) is 10.9. The number of halogens is 1. The summed E-state index contributed by atoms with van der Waals surface area (Å²) in [6, 6.07) is 15.6. The van der Waals surface area contributed by atoms with Crippen LogP contribution < -0.4 is 4.74 Å². The molecule has 0 unspecified atom stereocenters. The Balaban J connectivity index is 1.78. The first-order chi connectivity index (χ1) is 12.2. The molecule has 25 heavy (non-hydrogen) atoms. The van der Waals surface area contributed by atoms with Gasteiger partial charge in [-0.2, -0.15) is 0 Å². The Labute approximate surface area is 159 Å². The molecule has 2 aromatic carbocycles. The zero-order valence-corrected chi connectivity index (χ0v) is 16.3. The molecule has 0 spiro atoms. The largest absolute Gasteiger partial charge is 0.423 e. The van der Waals surface area contributed by atoms with E-state index in [2.05, 4.69) is 35.0 Å². The number of unbranched alkanes of at least 4 members (excludes halogenated alkanes) is 4. The maximum atomic E-state index is 11.8. The third kappa shape index (κ3) is 7.70. The van der Waals surface area contributed by atoms with Crippen LogP contribution in [0.1, 0.15) is 50.2 Å². The number of rotatable bonds is 9. The molecule has 0 fully saturated rings. The monoisotopic (exact) mass is 400 g/mol. The standard InChI is InChI=1S/C22H25BrO2/c1-2-3-4-5-6-7-18-8-10-19(11-9-18)12-17-22(24)25-21-15-13-20(23)14-16-21/h8-17H,2-7H2,1H3/b17-12+. The Kier molecular flexibility index (Phi) is 8.47. The number of aryl methyl sites for hydroxylation is 1. The number of esters is 1. The smallest absolute Gasteiger partial charge is 0.336 e. The van der Waals surface area contributed by atoms with Gasteiger partial charge in [0, 0.05) is 10.5 Å². The van der Waals surface area contributed by atoms with Crippen LogP contribution >= 0.6 is 15.9 Å². The van der Waals surface area contributed by atoms with Crippen LogP contribution in [0, 0.1) is 0 Å². The number of hydrogen-bond acceptors (Lipinski definition) is 2. The van der Waals surface area contributed by atoms with E-state index in [0.717, 1.165) is 16.5 Å². The zero-order chi connectivity index (χ0) is 17.9. The average Bonchev–Trinajstić information content (AvgIpc) is 2.63. The molecule has 0 saturated carbocycles. The zero-order valence-electron chi connectivity index (χ0n) is 14.7. The fourth-order valence-electron chi connectivity index (χ4n) is 2.55. The van der Waals surface area contributed by atoms with Crippen LogP contribution in [0.15, 0.2) is 59.1 Å². The van der Waals surface area contributed by atoms with E-state index in [9.17, 15) is 4.79 Å². The first kappa shape index (κ1) is 19.5. The van der Waals surface area contributed by atoms with Crippen molar-refractivity contribution in [3.8, 4) is 5.75 Å². The van der Waals surface area contributed by atoms with Crippen LogP contribution in [0.5, 0.6) is 5.75 Å². The first-order valence-electron chi connectivity index (χ1n) is 8.92. The highest BCUT2D eigenvalue weighted by Crippen LogP contribution is 2.16. The van der Waals surface area contributed by atoms with E-state index in [0.29, 0.717) is 5.75 Å². The van der Waals surface area contributed by atoms with Gasteiger partial charge in [-0.05, 0) is 54.3 Å². The van der Waals surface area contributed by atoms with E-state index in [1.165, 1.54) is 43.7 Å². The van der Waals surface area contributed by atoms with Crippen molar-refractivity contribution in [1.29, 1.82) is 0 Å². The van der Waals surface area contributed by atoms with Gasteiger partial charge in [0.2, 0.25) is 0 Å². The van der Waals surface area contributed by atoms with Crippen LogP contribution in [0.25, 0.3) is 6.08 Å². The molecule has 2 nitrogen and oxygen atoms in total. The predicted octanol–water partition coefficient (Wildman–Crippen LogP) is 6.58. The van der Waals surface area contributed by atoms with Crippen LogP contribution in [-0.4, -0.2) is 5.97 Å². The van der Waals surface area contributed by atoms with Crippen molar-refractivity contribution in [3.05, 3.63) is 70.2 Å². The fraction of sp³-hybridized carbons (Fsp3) is 0.318. The van der Waals surface area contributed by atoms with E-state index in [1.807, 2.05) is 24.3 Å². The topological polar surface area (TPSA) is 26.3 Å². The molecular formula is C22H25BrO2.